The van der Waals surface area contributed by atoms with Gasteiger partial charge in [-0.25, -0.2) is 0 Å². The lowest BCUT2D eigenvalue weighted by molar-refractivity contribution is 0.466. The summed E-state index contributed by atoms with van der Waals surface area (Å²) in [6, 6.07) is 6.43. The van der Waals surface area contributed by atoms with E-state index in [9.17, 15) is 0 Å². The van der Waals surface area contributed by atoms with Crippen LogP contribution in [0.3, 0.4) is 0 Å². The van der Waals surface area contributed by atoms with E-state index in [1.54, 1.807) is 0 Å². The molecule has 186 valence electrons. The SMILES string of the molecule is C=C(C)c1c(C)cc(C2=NCC(C)(C(/C=C\C=C/C)=C/C)C2)c2cccnc12.CC.CC.CC. The van der Waals surface area contributed by atoms with Crippen molar-refractivity contribution in [2.75, 3.05) is 6.54 Å². The molecule has 1 atom stereocenters. The first kappa shape index (κ1) is 31.3. The molecule has 0 bridgehead atoms. The maximum Gasteiger partial charge on any atom is 0.0786 e. The minimum Gasteiger partial charge on any atom is -0.288 e. The highest BCUT2D eigenvalue weighted by Crippen LogP contribution is 2.40. The summed E-state index contributed by atoms with van der Waals surface area (Å²) in [6.45, 7) is 27.6. The van der Waals surface area contributed by atoms with Gasteiger partial charge in [0.15, 0.2) is 0 Å². The number of hydrogen-bond donors (Lipinski definition) is 0. The molecule has 2 heterocycles. The van der Waals surface area contributed by atoms with Gasteiger partial charge in [0, 0.05) is 46.8 Å². The van der Waals surface area contributed by atoms with Gasteiger partial charge >= 0.3 is 0 Å². The highest BCUT2D eigenvalue weighted by atomic mass is 14.8. The van der Waals surface area contributed by atoms with Crippen LogP contribution in [-0.2, 0) is 0 Å². The lowest BCUT2D eigenvalue weighted by atomic mass is 9.78. The molecule has 2 aromatic rings. The first-order valence-corrected chi connectivity index (χ1v) is 13.0. The van der Waals surface area contributed by atoms with E-state index in [0.717, 1.165) is 29.6 Å². The van der Waals surface area contributed by atoms with Crippen molar-refractivity contribution in [3.8, 4) is 0 Å². The van der Waals surface area contributed by atoms with Gasteiger partial charge in [0.2, 0.25) is 0 Å². The molecule has 1 unspecified atom stereocenters. The number of aliphatic imine (C=N–C) groups is 1. The quantitative estimate of drug-likeness (QED) is 0.407. The van der Waals surface area contributed by atoms with E-state index >= 15 is 0 Å². The van der Waals surface area contributed by atoms with Crippen LogP contribution in [0, 0.1) is 12.3 Å². The molecule has 0 aliphatic carbocycles. The van der Waals surface area contributed by atoms with Crippen molar-refractivity contribution in [3.05, 3.63) is 83.6 Å². The Balaban J connectivity index is 0.00000168. The molecule has 1 aromatic heterocycles. The van der Waals surface area contributed by atoms with E-state index in [1.807, 2.05) is 66.8 Å². The summed E-state index contributed by atoms with van der Waals surface area (Å²) in [5, 5.41) is 1.17. The van der Waals surface area contributed by atoms with Crippen LogP contribution >= 0.6 is 0 Å². The molecule has 1 aliphatic rings. The average Bonchev–Trinajstić information content (AvgIpc) is 3.27. The summed E-state index contributed by atoms with van der Waals surface area (Å²) >= 11 is 0. The number of fused-ring (bicyclic) bond motifs is 1. The molecule has 2 nitrogen and oxygen atoms in total. The largest absolute Gasteiger partial charge is 0.288 e. The first-order valence-electron chi connectivity index (χ1n) is 13.0. The van der Waals surface area contributed by atoms with Gasteiger partial charge in [-0.1, -0.05) is 91.5 Å². The van der Waals surface area contributed by atoms with Crippen molar-refractivity contribution in [2.24, 2.45) is 10.4 Å². The van der Waals surface area contributed by atoms with Gasteiger partial charge in [-0.15, -0.1) is 0 Å². The van der Waals surface area contributed by atoms with Gasteiger partial charge in [-0.2, -0.15) is 0 Å². The summed E-state index contributed by atoms with van der Waals surface area (Å²) in [7, 11) is 0. The summed E-state index contributed by atoms with van der Waals surface area (Å²) in [5.74, 6) is 0. The molecule has 3 rings (SSSR count). The van der Waals surface area contributed by atoms with Crippen LogP contribution < -0.4 is 0 Å². The summed E-state index contributed by atoms with van der Waals surface area (Å²) in [4.78, 5) is 9.68. The monoisotopic (exact) mass is 460 g/mol. The molecule has 0 saturated carbocycles. The molecule has 0 N–H and O–H groups in total. The van der Waals surface area contributed by atoms with Gasteiger partial charge in [-0.3, -0.25) is 9.98 Å². The molecule has 0 fully saturated rings. The van der Waals surface area contributed by atoms with E-state index in [2.05, 4.69) is 75.7 Å². The maximum absolute atomic E-state index is 5.00. The Morgan fingerprint density at radius 2 is 1.71 bits per heavy atom. The number of hydrogen-bond acceptors (Lipinski definition) is 2. The van der Waals surface area contributed by atoms with E-state index < -0.39 is 0 Å². The molecule has 1 aromatic carbocycles. The van der Waals surface area contributed by atoms with Gasteiger partial charge in [0.25, 0.3) is 0 Å². The minimum atomic E-state index is 0.0254. The van der Waals surface area contributed by atoms with Crippen molar-refractivity contribution in [2.45, 2.75) is 82.6 Å². The predicted molar refractivity (Wildman–Crippen MR) is 157 cm³/mol. The lowest BCUT2D eigenvalue weighted by Crippen LogP contribution is -2.20. The zero-order valence-corrected chi connectivity index (χ0v) is 23.7. The summed E-state index contributed by atoms with van der Waals surface area (Å²) in [5.41, 5.74) is 8.20. The Labute approximate surface area is 210 Å². The third-order valence-corrected chi connectivity index (χ3v) is 5.59. The zero-order chi connectivity index (χ0) is 26.3. The van der Waals surface area contributed by atoms with Gasteiger partial charge in [0.05, 0.1) is 5.52 Å². The topological polar surface area (TPSA) is 25.2 Å². The molecule has 0 saturated heterocycles. The van der Waals surface area contributed by atoms with Crippen LogP contribution in [0.5, 0.6) is 0 Å². The fourth-order valence-electron chi connectivity index (χ4n) is 4.19. The second-order valence-corrected chi connectivity index (χ2v) is 7.93. The van der Waals surface area contributed by atoms with Crippen molar-refractivity contribution in [3.63, 3.8) is 0 Å². The molecular formula is C32H48N2. The molecule has 0 amide bonds. The van der Waals surface area contributed by atoms with E-state index in [4.69, 9.17) is 4.99 Å². The molecule has 34 heavy (non-hydrogen) atoms. The van der Waals surface area contributed by atoms with Gasteiger partial charge < -0.3 is 0 Å². The van der Waals surface area contributed by atoms with Crippen LogP contribution in [0.15, 0.2) is 71.9 Å². The Kier molecular flexibility index (Phi) is 14.7. The first-order chi connectivity index (χ1) is 16.4. The number of rotatable bonds is 5. The number of allylic oxidation sites excluding steroid dienone is 6. The second kappa shape index (κ2) is 16.0. The van der Waals surface area contributed by atoms with Crippen LogP contribution in [0.1, 0.15) is 92.3 Å². The van der Waals surface area contributed by atoms with E-state index in [-0.39, 0.29) is 5.41 Å². The van der Waals surface area contributed by atoms with Gasteiger partial charge in [-0.05, 0) is 56.5 Å². The standard InChI is InChI=1S/C26H30N2.3C2H6/c1-7-9-10-12-20(8-2)26(6)16-23(28-17-26)22-15-19(5)24(18(3)4)25-21(22)13-11-14-27-25;3*1-2/h7-15H,3,16-17H2,1-2,4-6H3;3*1-2H3/b9-7-,12-10-,20-8+;;;. The highest BCUT2D eigenvalue weighted by Gasteiger charge is 2.34. The van der Waals surface area contributed by atoms with Crippen LogP contribution in [0.2, 0.25) is 0 Å². The Morgan fingerprint density at radius 3 is 2.26 bits per heavy atom. The lowest BCUT2D eigenvalue weighted by Gasteiger charge is -2.25. The second-order valence-electron chi connectivity index (χ2n) is 7.93. The third-order valence-electron chi connectivity index (χ3n) is 5.59. The number of aromatic nitrogens is 1. The zero-order valence-electron chi connectivity index (χ0n) is 23.7. The summed E-state index contributed by atoms with van der Waals surface area (Å²) < 4.78 is 0. The normalized spacial score (nSPS) is 17.4. The molecular weight excluding hydrogens is 412 g/mol. The average molecular weight is 461 g/mol. The third kappa shape index (κ3) is 7.38. The molecule has 1 aliphatic heterocycles. The van der Waals surface area contributed by atoms with E-state index in [1.165, 1.54) is 27.8 Å². The fraction of sp³-hybridized carbons (Fsp3) is 0.438. The Morgan fingerprint density at radius 1 is 1.06 bits per heavy atom. The molecule has 0 spiro atoms. The number of aryl methyl sites for hydroxylation is 1. The van der Waals surface area contributed by atoms with Crippen LogP contribution in [-0.4, -0.2) is 17.2 Å². The number of pyridine rings is 1. The van der Waals surface area contributed by atoms with Crippen molar-refractivity contribution >= 4 is 22.2 Å². The predicted octanol–water partition coefficient (Wildman–Crippen LogP) is 9.93. The number of benzene rings is 1. The Bertz CT molecular complexity index is 1030. The van der Waals surface area contributed by atoms with Crippen LogP contribution in [0.4, 0.5) is 0 Å². The van der Waals surface area contributed by atoms with Crippen molar-refractivity contribution in [1.82, 2.24) is 4.98 Å². The maximum atomic E-state index is 5.00. The van der Waals surface area contributed by atoms with Crippen LogP contribution in [0.25, 0.3) is 16.5 Å². The molecule has 2 heteroatoms. The fourth-order valence-corrected chi connectivity index (χ4v) is 4.19. The van der Waals surface area contributed by atoms with Gasteiger partial charge in [0.1, 0.15) is 0 Å². The van der Waals surface area contributed by atoms with E-state index in [0.29, 0.717) is 0 Å². The Hall–Kier alpha value is -2.74. The van der Waals surface area contributed by atoms with Crippen molar-refractivity contribution in [1.29, 1.82) is 0 Å². The summed E-state index contributed by atoms with van der Waals surface area (Å²) in [6.07, 6.45) is 13.5. The highest BCUT2D eigenvalue weighted by molar-refractivity contribution is 6.13. The minimum absolute atomic E-state index is 0.0254. The number of nitrogens with zero attached hydrogens (tertiary/aromatic N) is 2. The molecule has 0 radical (unpaired) electrons. The smallest absolute Gasteiger partial charge is 0.0786 e. The van der Waals surface area contributed by atoms with Crippen molar-refractivity contribution < 1.29 is 0 Å².